The molecule has 0 aliphatic heterocycles. The Morgan fingerprint density at radius 3 is 2.08 bits per heavy atom. The van der Waals surface area contributed by atoms with Crippen LogP contribution in [0.5, 0.6) is 0 Å². The molecule has 0 saturated carbocycles. The van der Waals surface area contributed by atoms with E-state index < -0.39 is 35.7 Å². The van der Waals surface area contributed by atoms with Gasteiger partial charge in [0.2, 0.25) is 5.60 Å². The quantitative estimate of drug-likeness (QED) is 0.707. The molecule has 0 fully saturated rings. The average Bonchev–Trinajstić information content (AvgIpc) is 2.61. The minimum absolute atomic E-state index is 0.240. The molecule has 0 radical (unpaired) electrons. The van der Waals surface area contributed by atoms with Crippen LogP contribution in [0.1, 0.15) is 5.56 Å². The minimum atomic E-state index is -5.06. The molecule has 0 aliphatic carbocycles. The zero-order chi connectivity index (χ0) is 19.4. The number of carbonyl (C=O) groups excluding carboxylic acids is 2. The van der Waals surface area contributed by atoms with E-state index in [1.165, 1.54) is 42.5 Å². The maximum atomic E-state index is 13.3. The van der Waals surface area contributed by atoms with Crippen LogP contribution >= 0.6 is 11.6 Å². The zero-order valence-electron chi connectivity index (χ0n) is 13.2. The summed E-state index contributed by atoms with van der Waals surface area (Å²) in [6, 6.07) is 12.0. The van der Waals surface area contributed by atoms with Crippen LogP contribution in [0.4, 0.5) is 18.9 Å². The van der Waals surface area contributed by atoms with Crippen molar-refractivity contribution in [3.63, 3.8) is 0 Å². The Morgan fingerprint density at radius 1 is 0.962 bits per heavy atom. The number of benzene rings is 2. The van der Waals surface area contributed by atoms with Gasteiger partial charge < -0.3 is 15.7 Å². The van der Waals surface area contributed by atoms with Crippen LogP contribution in [0.25, 0.3) is 0 Å². The predicted molar refractivity (Wildman–Crippen MR) is 89.5 cm³/mol. The Bertz CT molecular complexity index is 782. The van der Waals surface area contributed by atoms with Crippen molar-refractivity contribution in [2.45, 2.75) is 11.8 Å². The lowest BCUT2D eigenvalue weighted by Crippen LogP contribution is -2.52. The molecule has 0 aromatic heterocycles. The van der Waals surface area contributed by atoms with Gasteiger partial charge in [-0.1, -0.05) is 41.9 Å². The highest BCUT2D eigenvalue weighted by molar-refractivity contribution is 6.39. The van der Waals surface area contributed by atoms with Gasteiger partial charge in [-0.15, -0.1) is 0 Å². The lowest BCUT2D eigenvalue weighted by Gasteiger charge is -2.31. The van der Waals surface area contributed by atoms with Crippen molar-refractivity contribution in [2.24, 2.45) is 0 Å². The molecule has 0 aliphatic rings. The number of nitrogens with one attached hydrogen (secondary N) is 2. The van der Waals surface area contributed by atoms with Crippen molar-refractivity contribution >= 4 is 29.1 Å². The van der Waals surface area contributed by atoms with Crippen molar-refractivity contribution in [2.75, 3.05) is 11.9 Å². The van der Waals surface area contributed by atoms with E-state index >= 15 is 0 Å². The number of carbonyl (C=O) groups is 2. The van der Waals surface area contributed by atoms with Crippen LogP contribution < -0.4 is 10.6 Å². The third kappa shape index (κ3) is 4.53. The lowest BCUT2D eigenvalue weighted by atomic mass is 9.93. The fourth-order valence-electron chi connectivity index (χ4n) is 2.09. The van der Waals surface area contributed by atoms with E-state index in [0.29, 0.717) is 5.02 Å². The van der Waals surface area contributed by atoms with Crippen LogP contribution in [0.15, 0.2) is 54.6 Å². The monoisotopic (exact) mass is 386 g/mol. The smallest absolute Gasteiger partial charge is 0.375 e. The number of halogens is 4. The molecule has 3 N–H and O–H groups in total. The molecule has 0 bridgehead atoms. The molecule has 9 heteroatoms. The topological polar surface area (TPSA) is 78.4 Å². The second-order valence-corrected chi connectivity index (χ2v) is 5.80. The van der Waals surface area contributed by atoms with E-state index in [2.05, 4.69) is 5.32 Å². The van der Waals surface area contributed by atoms with E-state index in [4.69, 9.17) is 11.6 Å². The Morgan fingerprint density at radius 2 is 1.54 bits per heavy atom. The average molecular weight is 387 g/mol. The molecule has 26 heavy (non-hydrogen) atoms. The van der Waals surface area contributed by atoms with Gasteiger partial charge in [0.25, 0.3) is 0 Å². The molecule has 5 nitrogen and oxygen atoms in total. The molecule has 0 saturated heterocycles. The van der Waals surface area contributed by atoms with Gasteiger partial charge in [-0.25, -0.2) is 0 Å². The molecule has 2 rings (SSSR count). The fraction of sp³-hybridized carbons (Fsp3) is 0.176. The van der Waals surface area contributed by atoms with Gasteiger partial charge in [0.05, 0.1) is 6.54 Å². The summed E-state index contributed by atoms with van der Waals surface area (Å²) >= 11 is 5.69. The van der Waals surface area contributed by atoms with Gasteiger partial charge in [0, 0.05) is 10.7 Å². The summed E-state index contributed by atoms with van der Waals surface area (Å²) in [7, 11) is 0. The van der Waals surface area contributed by atoms with Crippen LogP contribution in [-0.2, 0) is 15.2 Å². The largest absolute Gasteiger partial charge is 0.423 e. The highest BCUT2D eigenvalue weighted by Gasteiger charge is 2.55. The molecule has 1 atom stereocenters. The molecule has 0 heterocycles. The van der Waals surface area contributed by atoms with Crippen LogP contribution in [-0.4, -0.2) is 29.6 Å². The van der Waals surface area contributed by atoms with Crippen molar-refractivity contribution in [3.8, 4) is 0 Å². The van der Waals surface area contributed by atoms with E-state index in [1.807, 2.05) is 5.32 Å². The van der Waals surface area contributed by atoms with E-state index in [9.17, 15) is 27.9 Å². The zero-order valence-corrected chi connectivity index (χ0v) is 13.9. The second-order valence-electron chi connectivity index (χ2n) is 5.37. The van der Waals surface area contributed by atoms with Gasteiger partial charge in [-0.05, 0) is 29.8 Å². The number of rotatable bonds is 4. The summed E-state index contributed by atoms with van der Waals surface area (Å²) in [5.41, 5.74) is -3.54. The summed E-state index contributed by atoms with van der Waals surface area (Å²) < 4.78 is 39.9. The van der Waals surface area contributed by atoms with Gasteiger partial charge in [-0.2, -0.15) is 13.2 Å². The van der Waals surface area contributed by atoms with Gasteiger partial charge in [0.15, 0.2) is 0 Å². The third-order valence-electron chi connectivity index (χ3n) is 3.53. The standard InChI is InChI=1S/C17H14ClF3N2O3/c18-12-6-8-13(9-7-12)23-15(25)14(24)22-10-16(26,17(19,20)21)11-4-2-1-3-5-11/h1-9,26H,10H2,(H,22,24)(H,23,25). The van der Waals surface area contributed by atoms with Crippen LogP contribution in [0.2, 0.25) is 5.02 Å². The number of aliphatic hydroxyl groups is 1. The number of amides is 2. The second kappa shape index (κ2) is 7.76. The molecule has 138 valence electrons. The summed E-state index contributed by atoms with van der Waals surface area (Å²) in [4.78, 5) is 23.6. The highest BCUT2D eigenvalue weighted by Crippen LogP contribution is 2.38. The van der Waals surface area contributed by atoms with Gasteiger partial charge in [-0.3, -0.25) is 9.59 Å². The van der Waals surface area contributed by atoms with Gasteiger partial charge in [0.1, 0.15) is 0 Å². The van der Waals surface area contributed by atoms with E-state index in [1.54, 1.807) is 0 Å². The van der Waals surface area contributed by atoms with E-state index in [-0.39, 0.29) is 5.69 Å². The van der Waals surface area contributed by atoms with E-state index in [0.717, 1.165) is 12.1 Å². The number of anilines is 1. The predicted octanol–water partition coefficient (Wildman–Crippen LogP) is 2.84. The van der Waals surface area contributed by atoms with Gasteiger partial charge >= 0.3 is 18.0 Å². The Balaban J connectivity index is 2.07. The highest BCUT2D eigenvalue weighted by atomic mass is 35.5. The summed E-state index contributed by atoms with van der Waals surface area (Å²) in [5, 5.41) is 14.5. The Kier molecular flexibility index (Phi) is 5.89. The first-order valence-electron chi connectivity index (χ1n) is 7.33. The lowest BCUT2D eigenvalue weighted by molar-refractivity contribution is -0.264. The number of hydrogen-bond acceptors (Lipinski definition) is 3. The Hall–Kier alpha value is -2.58. The molecule has 2 aromatic rings. The first-order chi connectivity index (χ1) is 12.1. The minimum Gasteiger partial charge on any atom is -0.375 e. The SMILES string of the molecule is O=C(NCC(O)(c1ccccc1)C(F)(F)F)C(=O)Nc1ccc(Cl)cc1. The first-order valence-corrected chi connectivity index (χ1v) is 7.70. The molecule has 2 amide bonds. The maximum absolute atomic E-state index is 13.3. The fourth-order valence-corrected chi connectivity index (χ4v) is 2.22. The van der Waals surface area contributed by atoms with Crippen LogP contribution in [0.3, 0.4) is 0 Å². The van der Waals surface area contributed by atoms with Crippen LogP contribution in [0, 0.1) is 0 Å². The maximum Gasteiger partial charge on any atom is 0.423 e. The molecule has 1 unspecified atom stereocenters. The third-order valence-corrected chi connectivity index (χ3v) is 3.79. The molecular weight excluding hydrogens is 373 g/mol. The van der Waals surface area contributed by atoms with Crippen molar-refractivity contribution in [1.29, 1.82) is 0 Å². The van der Waals surface area contributed by atoms with Crippen molar-refractivity contribution in [1.82, 2.24) is 5.32 Å². The van der Waals surface area contributed by atoms with Crippen molar-refractivity contribution in [3.05, 3.63) is 65.2 Å². The number of alkyl halides is 3. The molecular formula is C17H14ClF3N2O3. The molecule has 2 aromatic carbocycles. The summed E-state index contributed by atoms with van der Waals surface area (Å²) in [6.45, 7) is -1.21. The normalized spacial score (nSPS) is 13.6. The summed E-state index contributed by atoms with van der Waals surface area (Å²) in [5.74, 6) is -2.50. The van der Waals surface area contributed by atoms with Crippen molar-refractivity contribution < 1.29 is 27.9 Å². The molecule has 0 spiro atoms. The number of hydrogen-bond donors (Lipinski definition) is 3. The first kappa shape index (κ1) is 19.7. The summed E-state index contributed by atoms with van der Waals surface area (Å²) in [6.07, 6.45) is -5.06. The Labute approximate surface area is 151 Å².